The Balaban J connectivity index is 1.30. The van der Waals surface area contributed by atoms with Gasteiger partial charge in [0.05, 0.1) is 4.47 Å². The standard InChI is InChI=1S/C27H25BrN2O2S/c28-23-15-18(16-24-26(31)30(27(33)29-24)21-10-2-1-3-11-21)13-14-25(23)32-17-20-9-6-8-19-7-4-5-12-22(19)20/h4-9,12-16,21H,1-3,10-11,17H2,(H,29,33)/b24-16-. The zero-order chi connectivity index (χ0) is 22.8. The minimum absolute atomic E-state index is 0.0284. The van der Waals surface area contributed by atoms with Crippen LogP contribution in [0.4, 0.5) is 0 Å². The Morgan fingerprint density at radius 3 is 2.67 bits per heavy atom. The summed E-state index contributed by atoms with van der Waals surface area (Å²) in [5.74, 6) is 0.731. The van der Waals surface area contributed by atoms with Crippen LogP contribution >= 0.6 is 28.1 Å². The van der Waals surface area contributed by atoms with E-state index in [1.807, 2.05) is 36.4 Å². The summed E-state index contributed by atoms with van der Waals surface area (Å²) >= 11 is 9.10. The van der Waals surface area contributed by atoms with Gasteiger partial charge in [-0.25, -0.2) is 0 Å². The Morgan fingerprint density at radius 1 is 1.06 bits per heavy atom. The van der Waals surface area contributed by atoms with E-state index in [1.54, 1.807) is 4.90 Å². The summed E-state index contributed by atoms with van der Waals surface area (Å²) < 4.78 is 6.95. The number of fused-ring (bicyclic) bond motifs is 1. The van der Waals surface area contributed by atoms with Crippen LogP contribution in [-0.2, 0) is 11.4 Å². The number of ether oxygens (including phenoxy) is 1. The van der Waals surface area contributed by atoms with Gasteiger partial charge in [-0.2, -0.15) is 0 Å². The number of amides is 1. The summed E-state index contributed by atoms with van der Waals surface area (Å²) in [6.07, 6.45) is 7.46. The maximum Gasteiger partial charge on any atom is 0.276 e. The van der Waals surface area contributed by atoms with Gasteiger partial charge in [-0.3, -0.25) is 9.69 Å². The average molecular weight is 521 g/mol. The van der Waals surface area contributed by atoms with Gasteiger partial charge >= 0.3 is 0 Å². The van der Waals surface area contributed by atoms with Crippen LogP contribution in [0.5, 0.6) is 5.75 Å². The molecular weight excluding hydrogens is 496 g/mol. The quantitative estimate of drug-likeness (QED) is 0.305. The molecule has 2 fully saturated rings. The van der Waals surface area contributed by atoms with E-state index in [0.29, 0.717) is 17.4 Å². The number of carbonyl (C=O) groups is 1. The number of benzene rings is 3. The molecule has 1 aliphatic carbocycles. The number of nitrogens with zero attached hydrogens (tertiary/aromatic N) is 1. The largest absolute Gasteiger partial charge is 0.488 e. The van der Waals surface area contributed by atoms with Crippen molar-refractivity contribution in [2.45, 2.75) is 44.8 Å². The predicted octanol–water partition coefficient (Wildman–Crippen LogP) is 6.57. The first-order valence-electron chi connectivity index (χ1n) is 11.4. The number of thiocarbonyl (C=S) groups is 1. The predicted molar refractivity (Wildman–Crippen MR) is 140 cm³/mol. The third-order valence-electron chi connectivity index (χ3n) is 6.38. The normalized spacial score (nSPS) is 18.2. The van der Waals surface area contributed by atoms with E-state index >= 15 is 0 Å². The summed E-state index contributed by atoms with van der Waals surface area (Å²) in [6, 6.07) is 20.6. The molecular formula is C27H25BrN2O2S. The fraction of sp³-hybridized carbons (Fsp3) is 0.259. The molecule has 0 bridgehead atoms. The molecule has 33 heavy (non-hydrogen) atoms. The van der Waals surface area contributed by atoms with E-state index in [1.165, 1.54) is 17.2 Å². The van der Waals surface area contributed by atoms with Gasteiger partial charge in [0.25, 0.3) is 5.91 Å². The molecule has 1 heterocycles. The highest BCUT2D eigenvalue weighted by molar-refractivity contribution is 9.10. The second-order valence-corrected chi connectivity index (χ2v) is 9.81. The Bertz CT molecular complexity index is 1240. The molecule has 2 aliphatic rings. The summed E-state index contributed by atoms with van der Waals surface area (Å²) in [5.41, 5.74) is 2.58. The highest BCUT2D eigenvalue weighted by Crippen LogP contribution is 2.30. The monoisotopic (exact) mass is 520 g/mol. The van der Waals surface area contributed by atoms with E-state index in [4.69, 9.17) is 17.0 Å². The Hall–Kier alpha value is -2.70. The molecule has 3 aromatic carbocycles. The molecule has 0 radical (unpaired) electrons. The van der Waals surface area contributed by atoms with Crippen molar-refractivity contribution in [3.05, 3.63) is 82.0 Å². The van der Waals surface area contributed by atoms with Gasteiger partial charge in [-0.1, -0.05) is 67.8 Å². The lowest BCUT2D eigenvalue weighted by molar-refractivity contribution is -0.124. The maximum atomic E-state index is 13.0. The van der Waals surface area contributed by atoms with Gasteiger partial charge in [-0.05, 0) is 81.1 Å². The third kappa shape index (κ3) is 4.68. The van der Waals surface area contributed by atoms with E-state index in [-0.39, 0.29) is 11.9 Å². The number of halogens is 1. The number of nitrogens with one attached hydrogen (secondary N) is 1. The van der Waals surface area contributed by atoms with Crippen molar-refractivity contribution in [3.63, 3.8) is 0 Å². The van der Waals surface area contributed by atoms with Crippen molar-refractivity contribution in [1.29, 1.82) is 0 Å². The lowest BCUT2D eigenvalue weighted by atomic mass is 9.94. The summed E-state index contributed by atoms with van der Waals surface area (Å²) in [5, 5.41) is 6.04. The molecule has 0 atom stereocenters. The van der Waals surface area contributed by atoms with Crippen LogP contribution in [0.15, 0.2) is 70.8 Å². The van der Waals surface area contributed by atoms with Crippen molar-refractivity contribution in [2.24, 2.45) is 0 Å². The summed E-state index contributed by atoms with van der Waals surface area (Å²) in [6.45, 7) is 0.477. The van der Waals surface area contributed by atoms with Gasteiger partial charge in [0.1, 0.15) is 18.1 Å². The first-order valence-corrected chi connectivity index (χ1v) is 12.6. The van der Waals surface area contributed by atoms with Crippen molar-refractivity contribution in [2.75, 3.05) is 0 Å². The lowest BCUT2D eigenvalue weighted by Crippen LogP contribution is -2.41. The number of carbonyl (C=O) groups excluding carboxylic acids is 1. The van der Waals surface area contributed by atoms with Crippen LogP contribution < -0.4 is 10.1 Å². The summed E-state index contributed by atoms with van der Waals surface area (Å²) in [4.78, 5) is 14.8. The molecule has 1 aliphatic heterocycles. The van der Waals surface area contributed by atoms with Crippen LogP contribution in [0, 0.1) is 0 Å². The van der Waals surface area contributed by atoms with Crippen LogP contribution in [-0.4, -0.2) is 22.0 Å². The summed E-state index contributed by atoms with van der Waals surface area (Å²) in [7, 11) is 0. The van der Waals surface area contributed by atoms with E-state index < -0.39 is 0 Å². The smallest absolute Gasteiger partial charge is 0.276 e. The van der Waals surface area contributed by atoms with Crippen LogP contribution in [0.2, 0.25) is 0 Å². The van der Waals surface area contributed by atoms with E-state index in [0.717, 1.165) is 47.0 Å². The Kier molecular flexibility index (Phi) is 6.47. The zero-order valence-electron chi connectivity index (χ0n) is 18.2. The molecule has 1 saturated heterocycles. The SMILES string of the molecule is O=C1/C(=C/c2ccc(OCc3cccc4ccccc34)c(Br)c2)NC(=S)N1C1CCCCC1. The third-order valence-corrected chi connectivity index (χ3v) is 7.30. The minimum Gasteiger partial charge on any atom is -0.488 e. The van der Waals surface area contributed by atoms with Crippen LogP contribution in [0.25, 0.3) is 16.8 Å². The van der Waals surface area contributed by atoms with Crippen molar-refractivity contribution in [1.82, 2.24) is 10.2 Å². The Morgan fingerprint density at radius 2 is 1.85 bits per heavy atom. The molecule has 5 rings (SSSR count). The number of hydrogen-bond acceptors (Lipinski definition) is 3. The molecule has 3 aromatic rings. The van der Waals surface area contributed by atoms with Crippen molar-refractivity contribution in [3.8, 4) is 5.75 Å². The highest BCUT2D eigenvalue weighted by atomic mass is 79.9. The maximum absolute atomic E-state index is 13.0. The van der Waals surface area contributed by atoms with Gasteiger partial charge in [-0.15, -0.1) is 0 Å². The molecule has 1 N–H and O–H groups in total. The van der Waals surface area contributed by atoms with E-state index in [9.17, 15) is 4.79 Å². The molecule has 1 amide bonds. The zero-order valence-corrected chi connectivity index (χ0v) is 20.6. The molecule has 0 spiro atoms. The molecule has 1 saturated carbocycles. The first-order chi connectivity index (χ1) is 16.1. The number of hydrogen-bond donors (Lipinski definition) is 1. The van der Waals surface area contributed by atoms with Gasteiger partial charge in [0, 0.05) is 6.04 Å². The van der Waals surface area contributed by atoms with Crippen molar-refractivity contribution >= 4 is 56.0 Å². The molecule has 0 unspecified atom stereocenters. The van der Waals surface area contributed by atoms with Gasteiger partial charge in [0.2, 0.25) is 0 Å². The molecule has 4 nitrogen and oxygen atoms in total. The van der Waals surface area contributed by atoms with E-state index in [2.05, 4.69) is 51.6 Å². The van der Waals surface area contributed by atoms with Crippen molar-refractivity contribution < 1.29 is 9.53 Å². The Labute approximate surface area is 207 Å². The van der Waals surface area contributed by atoms with Crippen LogP contribution in [0.1, 0.15) is 43.2 Å². The minimum atomic E-state index is -0.0284. The molecule has 0 aromatic heterocycles. The second kappa shape index (κ2) is 9.65. The fourth-order valence-electron chi connectivity index (χ4n) is 4.68. The van der Waals surface area contributed by atoms with Crippen LogP contribution in [0.3, 0.4) is 0 Å². The second-order valence-electron chi connectivity index (χ2n) is 8.57. The lowest BCUT2D eigenvalue weighted by Gasteiger charge is -2.29. The first kappa shape index (κ1) is 22.1. The molecule has 6 heteroatoms. The average Bonchev–Trinajstić information content (AvgIpc) is 3.11. The molecule has 168 valence electrons. The number of rotatable bonds is 5. The van der Waals surface area contributed by atoms with Gasteiger partial charge in [0.15, 0.2) is 5.11 Å². The van der Waals surface area contributed by atoms with Gasteiger partial charge < -0.3 is 10.1 Å². The topological polar surface area (TPSA) is 41.6 Å². The highest BCUT2D eigenvalue weighted by Gasteiger charge is 2.36. The fourth-order valence-corrected chi connectivity index (χ4v) is 5.54.